The molecule has 0 spiro atoms. The van der Waals surface area contributed by atoms with E-state index in [9.17, 15) is 0 Å². The van der Waals surface area contributed by atoms with Gasteiger partial charge in [-0.3, -0.25) is 0 Å². The zero-order valence-electron chi connectivity index (χ0n) is 5.58. The standard InChI is InChI=1S/C7H9ClN2/c8-7-3-5-4-9-2-1-6(5)10-7/h3,9-10H,1-2,4H2. The number of aromatic nitrogens is 1. The molecule has 3 heteroatoms. The third kappa shape index (κ3) is 0.935. The molecular formula is C7H9ClN2. The molecule has 2 rings (SSSR count). The van der Waals surface area contributed by atoms with Crippen molar-refractivity contribution in [2.45, 2.75) is 13.0 Å². The number of hydrogen-bond acceptors (Lipinski definition) is 1. The molecule has 1 aromatic heterocycles. The number of H-pyrrole nitrogens is 1. The Bertz CT molecular complexity index is 218. The molecule has 0 radical (unpaired) electrons. The highest BCUT2D eigenvalue weighted by Crippen LogP contribution is 2.17. The lowest BCUT2D eigenvalue weighted by Gasteiger charge is -2.11. The Hall–Kier alpha value is -0.470. The molecule has 0 bridgehead atoms. The van der Waals surface area contributed by atoms with Gasteiger partial charge in [-0.1, -0.05) is 11.6 Å². The third-order valence-electron chi connectivity index (χ3n) is 1.83. The Morgan fingerprint density at radius 1 is 1.50 bits per heavy atom. The van der Waals surface area contributed by atoms with Crippen LogP contribution in [0.3, 0.4) is 0 Å². The average Bonchev–Trinajstić information content (AvgIpc) is 2.27. The van der Waals surface area contributed by atoms with Crippen LogP contribution in [0, 0.1) is 0 Å². The molecule has 2 heterocycles. The number of fused-ring (bicyclic) bond motifs is 1. The fraction of sp³-hybridized carbons (Fsp3) is 0.429. The minimum Gasteiger partial charge on any atom is -0.349 e. The summed E-state index contributed by atoms with van der Waals surface area (Å²) in [6.07, 6.45) is 1.07. The van der Waals surface area contributed by atoms with E-state index in [0.29, 0.717) is 0 Å². The molecule has 1 aliphatic rings. The lowest BCUT2D eigenvalue weighted by molar-refractivity contribution is 0.638. The van der Waals surface area contributed by atoms with Crippen molar-refractivity contribution >= 4 is 11.6 Å². The Labute approximate surface area is 64.6 Å². The minimum absolute atomic E-state index is 0.758. The molecule has 0 unspecified atom stereocenters. The fourth-order valence-corrected chi connectivity index (χ4v) is 1.56. The lowest BCUT2D eigenvalue weighted by atomic mass is 10.1. The summed E-state index contributed by atoms with van der Waals surface area (Å²) < 4.78 is 0. The molecule has 0 saturated heterocycles. The van der Waals surface area contributed by atoms with Crippen LogP contribution in [0.15, 0.2) is 6.07 Å². The first-order valence-corrected chi connectivity index (χ1v) is 3.81. The van der Waals surface area contributed by atoms with Crippen molar-refractivity contribution in [3.05, 3.63) is 22.5 Å². The predicted octanol–water partition coefficient (Wildman–Crippen LogP) is 1.31. The summed E-state index contributed by atoms with van der Waals surface area (Å²) in [4.78, 5) is 3.12. The van der Waals surface area contributed by atoms with E-state index >= 15 is 0 Å². The molecule has 0 aromatic carbocycles. The third-order valence-corrected chi connectivity index (χ3v) is 2.03. The first-order chi connectivity index (χ1) is 4.86. The van der Waals surface area contributed by atoms with Crippen molar-refractivity contribution in [1.29, 1.82) is 0 Å². The summed E-state index contributed by atoms with van der Waals surface area (Å²) in [5, 5.41) is 4.03. The largest absolute Gasteiger partial charge is 0.349 e. The summed E-state index contributed by atoms with van der Waals surface area (Å²) in [5.74, 6) is 0. The minimum atomic E-state index is 0.758. The lowest BCUT2D eigenvalue weighted by Crippen LogP contribution is -2.22. The van der Waals surface area contributed by atoms with Gasteiger partial charge in [0.15, 0.2) is 0 Å². The number of aromatic amines is 1. The van der Waals surface area contributed by atoms with E-state index in [-0.39, 0.29) is 0 Å². The highest BCUT2D eigenvalue weighted by molar-refractivity contribution is 6.29. The van der Waals surface area contributed by atoms with Crippen molar-refractivity contribution < 1.29 is 0 Å². The quantitative estimate of drug-likeness (QED) is 0.583. The maximum Gasteiger partial charge on any atom is 0.106 e. The molecule has 2 nitrogen and oxygen atoms in total. The molecule has 0 aliphatic carbocycles. The van der Waals surface area contributed by atoms with Gasteiger partial charge >= 0.3 is 0 Å². The predicted molar refractivity (Wildman–Crippen MR) is 41.2 cm³/mol. The fourth-order valence-electron chi connectivity index (χ4n) is 1.32. The zero-order valence-corrected chi connectivity index (χ0v) is 6.33. The Morgan fingerprint density at radius 3 is 3.20 bits per heavy atom. The first-order valence-electron chi connectivity index (χ1n) is 3.43. The molecule has 2 N–H and O–H groups in total. The van der Waals surface area contributed by atoms with Gasteiger partial charge in [-0.05, 0) is 11.6 Å². The molecule has 54 valence electrons. The SMILES string of the molecule is Clc1cc2c([nH]1)CCNC2. The second kappa shape index (κ2) is 2.29. The highest BCUT2D eigenvalue weighted by Gasteiger charge is 2.10. The maximum atomic E-state index is 5.77. The Morgan fingerprint density at radius 2 is 2.40 bits per heavy atom. The van der Waals surface area contributed by atoms with Gasteiger partial charge in [0.2, 0.25) is 0 Å². The van der Waals surface area contributed by atoms with E-state index < -0.39 is 0 Å². The van der Waals surface area contributed by atoms with Crippen LogP contribution in [-0.4, -0.2) is 11.5 Å². The number of nitrogens with one attached hydrogen (secondary N) is 2. The second-order valence-corrected chi connectivity index (χ2v) is 2.96. The van der Waals surface area contributed by atoms with E-state index in [1.54, 1.807) is 0 Å². The second-order valence-electron chi connectivity index (χ2n) is 2.55. The Kier molecular flexibility index (Phi) is 1.43. The van der Waals surface area contributed by atoms with Crippen molar-refractivity contribution in [3.63, 3.8) is 0 Å². The van der Waals surface area contributed by atoms with Gasteiger partial charge in [-0.2, -0.15) is 0 Å². The van der Waals surface area contributed by atoms with Crippen molar-refractivity contribution in [2.75, 3.05) is 6.54 Å². The molecule has 0 saturated carbocycles. The van der Waals surface area contributed by atoms with Crippen molar-refractivity contribution in [1.82, 2.24) is 10.3 Å². The Balaban J connectivity index is 2.41. The average molecular weight is 157 g/mol. The first kappa shape index (κ1) is 6.25. The molecule has 1 aromatic rings. The highest BCUT2D eigenvalue weighted by atomic mass is 35.5. The van der Waals surface area contributed by atoms with Gasteiger partial charge in [0.1, 0.15) is 5.15 Å². The number of halogens is 1. The van der Waals surface area contributed by atoms with Crippen LogP contribution < -0.4 is 5.32 Å². The van der Waals surface area contributed by atoms with Crippen LogP contribution in [0.4, 0.5) is 0 Å². The topological polar surface area (TPSA) is 27.8 Å². The van der Waals surface area contributed by atoms with Crippen LogP contribution in [0.5, 0.6) is 0 Å². The summed E-state index contributed by atoms with van der Waals surface area (Å²) in [6.45, 7) is 2.02. The molecular weight excluding hydrogens is 148 g/mol. The molecule has 0 atom stereocenters. The van der Waals surface area contributed by atoms with Gasteiger partial charge < -0.3 is 10.3 Å². The van der Waals surface area contributed by atoms with Crippen LogP contribution in [0.25, 0.3) is 0 Å². The monoisotopic (exact) mass is 156 g/mol. The van der Waals surface area contributed by atoms with Crippen LogP contribution in [0.1, 0.15) is 11.3 Å². The summed E-state index contributed by atoms with van der Waals surface area (Å²) >= 11 is 5.77. The van der Waals surface area contributed by atoms with E-state index in [4.69, 9.17) is 11.6 Å². The number of rotatable bonds is 0. The van der Waals surface area contributed by atoms with E-state index in [2.05, 4.69) is 10.3 Å². The van der Waals surface area contributed by atoms with E-state index in [1.807, 2.05) is 6.07 Å². The van der Waals surface area contributed by atoms with Crippen LogP contribution in [0.2, 0.25) is 5.15 Å². The normalized spacial score (nSPS) is 16.9. The summed E-state index contributed by atoms with van der Waals surface area (Å²) in [6, 6.07) is 1.99. The van der Waals surface area contributed by atoms with E-state index in [1.165, 1.54) is 11.3 Å². The van der Waals surface area contributed by atoms with E-state index in [0.717, 1.165) is 24.7 Å². The summed E-state index contributed by atoms with van der Waals surface area (Å²) in [5.41, 5.74) is 2.61. The van der Waals surface area contributed by atoms with Gasteiger partial charge in [0, 0.05) is 25.2 Å². The molecule has 0 fully saturated rings. The molecule has 0 amide bonds. The van der Waals surface area contributed by atoms with Gasteiger partial charge in [-0.15, -0.1) is 0 Å². The maximum absolute atomic E-state index is 5.77. The van der Waals surface area contributed by atoms with Crippen LogP contribution in [-0.2, 0) is 13.0 Å². The van der Waals surface area contributed by atoms with Crippen molar-refractivity contribution in [3.8, 4) is 0 Å². The van der Waals surface area contributed by atoms with Gasteiger partial charge in [-0.25, -0.2) is 0 Å². The zero-order chi connectivity index (χ0) is 6.97. The van der Waals surface area contributed by atoms with Gasteiger partial charge in [0.25, 0.3) is 0 Å². The van der Waals surface area contributed by atoms with Gasteiger partial charge in [0.05, 0.1) is 0 Å². The van der Waals surface area contributed by atoms with Crippen LogP contribution >= 0.6 is 11.6 Å². The summed E-state index contributed by atoms with van der Waals surface area (Å²) in [7, 11) is 0. The molecule has 10 heavy (non-hydrogen) atoms. The molecule has 1 aliphatic heterocycles. The smallest absolute Gasteiger partial charge is 0.106 e. The number of hydrogen-bond donors (Lipinski definition) is 2. The van der Waals surface area contributed by atoms with Crippen molar-refractivity contribution in [2.24, 2.45) is 0 Å².